The summed E-state index contributed by atoms with van der Waals surface area (Å²) in [6.07, 6.45) is 0. The molecule has 0 aliphatic rings. The van der Waals surface area contributed by atoms with E-state index in [9.17, 15) is 4.79 Å². The van der Waals surface area contributed by atoms with Gasteiger partial charge < -0.3 is 10.5 Å². The number of hydrogen-bond donors (Lipinski definition) is 2. The minimum Gasteiger partial charge on any atom is -0.495 e. The van der Waals surface area contributed by atoms with E-state index in [1.54, 1.807) is 30.8 Å². The van der Waals surface area contributed by atoms with Crippen LogP contribution in [0.4, 0.5) is 5.13 Å². The van der Waals surface area contributed by atoms with Crippen molar-refractivity contribution in [1.29, 1.82) is 0 Å². The van der Waals surface area contributed by atoms with Crippen LogP contribution in [0.2, 0.25) is 0 Å². The fraction of sp³-hybridized carbons (Fsp3) is 0.154. The zero-order chi connectivity index (χ0) is 14.4. The van der Waals surface area contributed by atoms with Crippen molar-refractivity contribution >= 4 is 22.4 Å². The molecule has 2 aromatic rings. The van der Waals surface area contributed by atoms with Gasteiger partial charge >= 0.3 is 0 Å². The summed E-state index contributed by atoms with van der Waals surface area (Å²) < 4.78 is 5.19. The molecule has 0 fully saturated rings. The number of ether oxygens (including phenoxy) is 1. The Kier molecular flexibility index (Phi) is 4.65. The molecule has 1 aromatic carbocycles. The van der Waals surface area contributed by atoms with E-state index in [-0.39, 0.29) is 12.5 Å². The van der Waals surface area contributed by atoms with Crippen molar-refractivity contribution in [3.05, 3.63) is 34.8 Å². The number of aromatic nitrogens is 2. The van der Waals surface area contributed by atoms with Gasteiger partial charge in [0.05, 0.1) is 19.2 Å². The summed E-state index contributed by atoms with van der Waals surface area (Å²) in [6, 6.07) is 5.00. The maximum Gasteiger partial charge on any atom is 0.257 e. The highest BCUT2D eigenvalue weighted by atomic mass is 32.1. The van der Waals surface area contributed by atoms with Gasteiger partial charge in [0.2, 0.25) is 5.13 Å². The van der Waals surface area contributed by atoms with Gasteiger partial charge in [-0.1, -0.05) is 23.2 Å². The number of anilines is 1. The molecular weight excluding hydrogens is 276 g/mol. The van der Waals surface area contributed by atoms with Crippen molar-refractivity contribution in [2.75, 3.05) is 19.0 Å². The fourth-order valence-electron chi connectivity index (χ4n) is 1.49. The molecule has 0 aliphatic heterocycles. The Morgan fingerprint density at radius 3 is 3.05 bits per heavy atom. The predicted molar refractivity (Wildman–Crippen MR) is 76.8 cm³/mol. The van der Waals surface area contributed by atoms with Crippen LogP contribution >= 0.6 is 11.3 Å². The van der Waals surface area contributed by atoms with Crippen molar-refractivity contribution < 1.29 is 9.53 Å². The average Bonchev–Trinajstić information content (AvgIpc) is 2.97. The molecule has 0 spiro atoms. The molecule has 0 saturated carbocycles. The van der Waals surface area contributed by atoms with Gasteiger partial charge in [-0.15, -0.1) is 10.2 Å². The van der Waals surface area contributed by atoms with Crippen molar-refractivity contribution in [1.82, 2.24) is 10.2 Å². The number of methoxy groups -OCH3 is 1. The minimum atomic E-state index is -0.278. The minimum absolute atomic E-state index is 0.240. The van der Waals surface area contributed by atoms with E-state index < -0.39 is 0 Å². The van der Waals surface area contributed by atoms with Gasteiger partial charge in [-0.25, -0.2) is 0 Å². The maximum absolute atomic E-state index is 12.1. The molecule has 1 amide bonds. The van der Waals surface area contributed by atoms with Crippen LogP contribution < -0.4 is 15.8 Å². The van der Waals surface area contributed by atoms with Crippen LogP contribution in [0.25, 0.3) is 0 Å². The van der Waals surface area contributed by atoms with Crippen LogP contribution in [0.3, 0.4) is 0 Å². The van der Waals surface area contributed by atoms with Gasteiger partial charge in [0, 0.05) is 5.56 Å². The Hall–Kier alpha value is -2.43. The first-order valence-corrected chi connectivity index (χ1v) is 6.57. The van der Waals surface area contributed by atoms with E-state index >= 15 is 0 Å². The van der Waals surface area contributed by atoms with Gasteiger partial charge in [0.1, 0.15) is 11.3 Å². The standard InChI is InChI=1S/C13H12N4O2S/c1-19-11-5-4-10(7-9(11)3-2-6-14)12(18)16-13-17-15-8-20-13/h4-5,7-8H,6,14H2,1H3,(H,16,17,18). The summed E-state index contributed by atoms with van der Waals surface area (Å²) >= 11 is 1.25. The highest BCUT2D eigenvalue weighted by molar-refractivity contribution is 7.13. The summed E-state index contributed by atoms with van der Waals surface area (Å²) in [7, 11) is 1.55. The predicted octanol–water partition coefficient (Wildman–Crippen LogP) is 1.11. The lowest BCUT2D eigenvalue weighted by Gasteiger charge is -2.06. The van der Waals surface area contributed by atoms with Crippen LogP contribution in [0.15, 0.2) is 23.7 Å². The van der Waals surface area contributed by atoms with Gasteiger partial charge in [-0.3, -0.25) is 10.1 Å². The van der Waals surface area contributed by atoms with Gasteiger partial charge in [0.15, 0.2) is 0 Å². The summed E-state index contributed by atoms with van der Waals surface area (Å²) in [5, 5.41) is 10.5. The summed E-state index contributed by atoms with van der Waals surface area (Å²) in [5.74, 6) is 5.93. The Morgan fingerprint density at radius 2 is 2.40 bits per heavy atom. The first-order chi connectivity index (χ1) is 9.74. The first kappa shape index (κ1) is 14.0. The fourth-order valence-corrected chi connectivity index (χ4v) is 1.93. The number of carbonyl (C=O) groups is 1. The quantitative estimate of drug-likeness (QED) is 0.826. The van der Waals surface area contributed by atoms with Crippen molar-refractivity contribution in [2.45, 2.75) is 0 Å². The molecule has 0 radical (unpaired) electrons. The Balaban J connectivity index is 2.26. The van der Waals surface area contributed by atoms with E-state index in [0.29, 0.717) is 22.0 Å². The molecule has 0 saturated heterocycles. The SMILES string of the molecule is COc1ccc(C(=O)Nc2nncs2)cc1C#CCN. The zero-order valence-corrected chi connectivity index (χ0v) is 11.5. The Morgan fingerprint density at radius 1 is 1.55 bits per heavy atom. The summed E-state index contributed by atoms with van der Waals surface area (Å²) in [4.78, 5) is 12.1. The molecule has 1 aromatic heterocycles. The number of nitrogens with zero attached hydrogens (tertiary/aromatic N) is 2. The second kappa shape index (κ2) is 6.65. The summed E-state index contributed by atoms with van der Waals surface area (Å²) in [5.41, 5.74) is 7.97. The van der Waals surface area contributed by atoms with E-state index in [1.165, 1.54) is 11.3 Å². The highest BCUT2D eigenvalue weighted by Crippen LogP contribution is 2.20. The third kappa shape index (κ3) is 3.32. The van der Waals surface area contributed by atoms with E-state index in [4.69, 9.17) is 10.5 Å². The van der Waals surface area contributed by atoms with Crippen LogP contribution in [-0.4, -0.2) is 29.8 Å². The molecule has 0 unspecified atom stereocenters. The lowest BCUT2D eigenvalue weighted by atomic mass is 10.1. The largest absolute Gasteiger partial charge is 0.495 e. The topological polar surface area (TPSA) is 90.1 Å². The second-order valence-corrected chi connectivity index (χ2v) is 4.45. The number of hydrogen-bond acceptors (Lipinski definition) is 6. The van der Waals surface area contributed by atoms with E-state index in [1.807, 2.05) is 0 Å². The van der Waals surface area contributed by atoms with Crippen molar-refractivity contribution in [2.24, 2.45) is 5.73 Å². The Bertz CT molecular complexity index is 659. The molecule has 0 aliphatic carbocycles. The molecule has 3 N–H and O–H groups in total. The molecule has 7 heteroatoms. The number of nitrogens with one attached hydrogen (secondary N) is 1. The summed E-state index contributed by atoms with van der Waals surface area (Å²) in [6.45, 7) is 0.240. The third-order valence-corrected chi connectivity index (χ3v) is 2.97. The van der Waals surface area contributed by atoms with Crippen molar-refractivity contribution in [3.8, 4) is 17.6 Å². The number of carbonyl (C=O) groups excluding carboxylic acids is 1. The van der Waals surface area contributed by atoms with Crippen LogP contribution in [-0.2, 0) is 0 Å². The highest BCUT2D eigenvalue weighted by Gasteiger charge is 2.10. The van der Waals surface area contributed by atoms with E-state index in [2.05, 4.69) is 27.4 Å². The van der Waals surface area contributed by atoms with Crippen LogP contribution in [0.1, 0.15) is 15.9 Å². The molecule has 6 nitrogen and oxygen atoms in total. The lowest BCUT2D eigenvalue weighted by molar-refractivity contribution is 0.102. The number of amides is 1. The first-order valence-electron chi connectivity index (χ1n) is 5.69. The third-order valence-electron chi connectivity index (χ3n) is 2.37. The lowest BCUT2D eigenvalue weighted by Crippen LogP contribution is -2.12. The van der Waals surface area contributed by atoms with Crippen LogP contribution in [0, 0.1) is 11.8 Å². The molecule has 20 heavy (non-hydrogen) atoms. The number of rotatable bonds is 3. The molecule has 1 heterocycles. The van der Waals surface area contributed by atoms with Crippen molar-refractivity contribution in [3.63, 3.8) is 0 Å². The molecule has 2 rings (SSSR count). The van der Waals surface area contributed by atoms with Crippen LogP contribution in [0.5, 0.6) is 5.75 Å². The normalized spacial score (nSPS) is 9.50. The maximum atomic E-state index is 12.1. The Labute approximate surface area is 120 Å². The molecule has 102 valence electrons. The molecule has 0 atom stereocenters. The molecule has 0 bridgehead atoms. The van der Waals surface area contributed by atoms with Gasteiger partial charge in [-0.2, -0.15) is 0 Å². The number of benzene rings is 1. The monoisotopic (exact) mass is 288 g/mol. The average molecular weight is 288 g/mol. The van der Waals surface area contributed by atoms with Gasteiger partial charge in [0.25, 0.3) is 5.91 Å². The smallest absolute Gasteiger partial charge is 0.257 e. The zero-order valence-electron chi connectivity index (χ0n) is 10.7. The van der Waals surface area contributed by atoms with Gasteiger partial charge in [-0.05, 0) is 18.2 Å². The molecular formula is C13H12N4O2S. The van der Waals surface area contributed by atoms with E-state index in [0.717, 1.165) is 0 Å². The number of nitrogens with two attached hydrogens (primary N) is 1. The second-order valence-electron chi connectivity index (χ2n) is 3.62.